The average molecular weight is 298 g/mol. The van der Waals surface area contributed by atoms with Crippen LogP contribution >= 0.6 is 0 Å². The van der Waals surface area contributed by atoms with Crippen molar-refractivity contribution in [1.82, 2.24) is 9.88 Å². The van der Waals surface area contributed by atoms with Gasteiger partial charge >= 0.3 is 0 Å². The molecule has 1 aliphatic rings. The number of carbonyl (C=O) groups excluding carboxylic acids is 1. The molecule has 0 bridgehead atoms. The van der Waals surface area contributed by atoms with Gasteiger partial charge in [-0.05, 0) is 44.0 Å². The van der Waals surface area contributed by atoms with Crippen molar-refractivity contribution in [3.8, 4) is 0 Å². The number of nitrogens with zero attached hydrogens (tertiary/aromatic N) is 1. The fraction of sp³-hybridized carbons (Fsp3) is 0.389. The van der Waals surface area contributed by atoms with Gasteiger partial charge in [-0.2, -0.15) is 0 Å². The molecule has 2 heterocycles. The second kappa shape index (κ2) is 5.97. The molecule has 1 saturated heterocycles. The number of amides is 1. The zero-order valence-electron chi connectivity index (χ0n) is 13.3. The zero-order chi connectivity index (χ0) is 15.7. The van der Waals surface area contributed by atoms with E-state index >= 15 is 0 Å². The number of ether oxygens (including phenoxy) is 1. The van der Waals surface area contributed by atoms with Gasteiger partial charge in [0.05, 0.1) is 19.2 Å². The van der Waals surface area contributed by atoms with Gasteiger partial charge in [0.1, 0.15) is 11.8 Å². The first-order valence-corrected chi connectivity index (χ1v) is 7.69. The van der Waals surface area contributed by atoms with Crippen molar-refractivity contribution in [3.05, 3.63) is 58.9 Å². The minimum absolute atomic E-state index is 0.0381. The highest BCUT2D eigenvalue weighted by molar-refractivity contribution is 5.92. The second-order valence-electron chi connectivity index (χ2n) is 6.07. The van der Waals surface area contributed by atoms with Gasteiger partial charge in [-0.1, -0.05) is 23.8 Å². The molecule has 0 aliphatic carbocycles. The van der Waals surface area contributed by atoms with Crippen molar-refractivity contribution >= 4 is 5.91 Å². The highest BCUT2D eigenvalue weighted by Gasteiger charge is 2.32. The third-order valence-corrected chi connectivity index (χ3v) is 4.30. The van der Waals surface area contributed by atoms with E-state index in [2.05, 4.69) is 37.0 Å². The lowest BCUT2D eigenvalue weighted by atomic mass is 9.98. The van der Waals surface area contributed by atoms with E-state index in [0.29, 0.717) is 18.8 Å². The van der Waals surface area contributed by atoms with Crippen molar-refractivity contribution in [2.45, 2.75) is 32.9 Å². The molecule has 0 saturated carbocycles. The summed E-state index contributed by atoms with van der Waals surface area (Å²) in [5.41, 5.74) is 4.23. The highest BCUT2D eigenvalue weighted by atomic mass is 16.5. The largest absolute Gasteiger partial charge is 0.370 e. The molecular weight excluding hydrogens is 276 g/mol. The lowest BCUT2D eigenvalue weighted by Crippen LogP contribution is -2.48. The maximum absolute atomic E-state index is 12.6. The molecule has 4 nitrogen and oxygen atoms in total. The van der Waals surface area contributed by atoms with Gasteiger partial charge < -0.3 is 14.6 Å². The van der Waals surface area contributed by atoms with Crippen molar-refractivity contribution in [2.75, 3.05) is 13.2 Å². The fourth-order valence-corrected chi connectivity index (χ4v) is 2.95. The van der Waals surface area contributed by atoms with Crippen molar-refractivity contribution in [1.29, 1.82) is 0 Å². The number of morpholine rings is 1. The predicted molar refractivity (Wildman–Crippen MR) is 85.9 cm³/mol. The van der Waals surface area contributed by atoms with Crippen LogP contribution in [0.3, 0.4) is 0 Å². The third kappa shape index (κ3) is 2.79. The van der Waals surface area contributed by atoms with E-state index in [1.807, 2.05) is 24.0 Å². The van der Waals surface area contributed by atoms with E-state index in [1.54, 1.807) is 6.20 Å². The molecule has 3 rings (SSSR count). The van der Waals surface area contributed by atoms with Crippen LogP contribution in [0, 0.1) is 13.8 Å². The maximum Gasteiger partial charge on any atom is 0.270 e. The molecule has 1 aliphatic heterocycles. The number of aryl methyl sites for hydroxylation is 2. The first kappa shape index (κ1) is 14.9. The average Bonchev–Trinajstić information content (AvgIpc) is 3.04. The molecule has 1 aromatic heterocycles. The number of carbonyl (C=O) groups is 1. The Labute approximate surface area is 131 Å². The maximum atomic E-state index is 12.6. The molecule has 0 spiro atoms. The van der Waals surface area contributed by atoms with Gasteiger partial charge in [0.25, 0.3) is 5.91 Å². The van der Waals surface area contributed by atoms with Crippen LogP contribution in [0.25, 0.3) is 0 Å². The standard InChI is InChI=1S/C18H22N2O2/c1-12-6-7-13(2)15(9-12)17-10-20(14(3)11-22-17)18(21)16-5-4-8-19-16/h4-9,14,17,19H,10-11H2,1-3H3. The van der Waals surface area contributed by atoms with Gasteiger partial charge in [-0.3, -0.25) is 4.79 Å². The Morgan fingerprint density at radius 1 is 1.32 bits per heavy atom. The Kier molecular flexibility index (Phi) is 4.03. The molecule has 2 aromatic rings. The van der Waals surface area contributed by atoms with Crippen LogP contribution in [0.1, 0.15) is 40.2 Å². The van der Waals surface area contributed by atoms with Crippen LogP contribution < -0.4 is 0 Å². The van der Waals surface area contributed by atoms with E-state index in [0.717, 1.165) is 0 Å². The topological polar surface area (TPSA) is 45.3 Å². The van der Waals surface area contributed by atoms with Crippen LogP contribution in [-0.2, 0) is 4.74 Å². The molecule has 1 amide bonds. The molecule has 116 valence electrons. The lowest BCUT2D eigenvalue weighted by molar-refractivity contribution is -0.0490. The molecule has 0 radical (unpaired) electrons. The predicted octanol–water partition coefficient (Wildman–Crippen LogP) is 3.23. The van der Waals surface area contributed by atoms with Gasteiger partial charge in [0.15, 0.2) is 0 Å². The van der Waals surface area contributed by atoms with E-state index in [4.69, 9.17) is 4.74 Å². The Bertz CT molecular complexity index is 664. The van der Waals surface area contributed by atoms with Crippen LogP contribution in [-0.4, -0.2) is 35.0 Å². The molecule has 1 fully saturated rings. The molecule has 4 heteroatoms. The van der Waals surface area contributed by atoms with E-state index in [-0.39, 0.29) is 18.1 Å². The Hall–Kier alpha value is -2.07. The highest BCUT2D eigenvalue weighted by Crippen LogP contribution is 2.28. The van der Waals surface area contributed by atoms with Crippen LogP contribution in [0.2, 0.25) is 0 Å². The third-order valence-electron chi connectivity index (χ3n) is 4.30. The van der Waals surface area contributed by atoms with Gasteiger partial charge in [-0.15, -0.1) is 0 Å². The SMILES string of the molecule is Cc1ccc(C)c(C2CN(C(=O)c3ccc[nH]3)C(C)CO2)c1. The minimum atomic E-state index is -0.0602. The minimum Gasteiger partial charge on any atom is -0.370 e. The number of hydrogen-bond acceptors (Lipinski definition) is 2. The normalized spacial score (nSPS) is 21.9. The summed E-state index contributed by atoms with van der Waals surface area (Å²) in [5, 5.41) is 0. The summed E-state index contributed by atoms with van der Waals surface area (Å²) >= 11 is 0. The van der Waals surface area contributed by atoms with Gasteiger partial charge in [0, 0.05) is 6.20 Å². The summed E-state index contributed by atoms with van der Waals surface area (Å²) in [4.78, 5) is 17.5. The van der Waals surface area contributed by atoms with Crippen LogP contribution in [0.4, 0.5) is 0 Å². The second-order valence-corrected chi connectivity index (χ2v) is 6.07. The summed E-state index contributed by atoms with van der Waals surface area (Å²) in [6, 6.07) is 10.1. The molecular formula is C18H22N2O2. The van der Waals surface area contributed by atoms with Crippen molar-refractivity contribution in [2.24, 2.45) is 0 Å². The number of hydrogen-bond donors (Lipinski definition) is 1. The fourth-order valence-electron chi connectivity index (χ4n) is 2.95. The summed E-state index contributed by atoms with van der Waals surface area (Å²) in [7, 11) is 0. The number of rotatable bonds is 2. The Morgan fingerprint density at radius 2 is 2.14 bits per heavy atom. The number of benzene rings is 1. The van der Waals surface area contributed by atoms with Gasteiger partial charge in [-0.25, -0.2) is 0 Å². The smallest absolute Gasteiger partial charge is 0.270 e. The summed E-state index contributed by atoms with van der Waals surface area (Å²) in [6.07, 6.45) is 1.72. The molecule has 1 aromatic carbocycles. The summed E-state index contributed by atoms with van der Waals surface area (Å²) in [5.74, 6) is 0.0381. The van der Waals surface area contributed by atoms with Gasteiger partial charge in [0.2, 0.25) is 0 Å². The van der Waals surface area contributed by atoms with E-state index in [9.17, 15) is 4.79 Å². The first-order valence-electron chi connectivity index (χ1n) is 7.69. The molecule has 1 N–H and O–H groups in total. The number of nitrogens with one attached hydrogen (secondary N) is 1. The Morgan fingerprint density at radius 3 is 2.86 bits per heavy atom. The Balaban J connectivity index is 1.84. The zero-order valence-corrected chi connectivity index (χ0v) is 13.3. The first-order chi connectivity index (χ1) is 10.6. The van der Waals surface area contributed by atoms with E-state index in [1.165, 1.54) is 16.7 Å². The number of aromatic amines is 1. The number of H-pyrrole nitrogens is 1. The monoisotopic (exact) mass is 298 g/mol. The number of aromatic nitrogens is 1. The van der Waals surface area contributed by atoms with Crippen LogP contribution in [0.15, 0.2) is 36.5 Å². The van der Waals surface area contributed by atoms with E-state index < -0.39 is 0 Å². The van der Waals surface area contributed by atoms with Crippen molar-refractivity contribution < 1.29 is 9.53 Å². The molecule has 22 heavy (non-hydrogen) atoms. The molecule has 2 atom stereocenters. The summed E-state index contributed by atoms with van der Waals surface area (Å²) < 4.78 is 6.01. The lowest BCUT2D eigenvalue weighted by Gasteiger charge is -2.38. The quantitative estimate of drug-likeness (QED) is 0.925. The molecule has 2 unspecified atom stereocenters. The summed E-state index contributed by atoms with van der Waals surface area (Å²) in [6.45, 7) is 7.34. The van der Waals surface area contributed by atoms with Crippen molar-refractivity contribution in [3.63, 3.8) is 0 Å². The van der Waals surface area contributed by atoms with Crippen LogP contribution in [0.5, 0.6) is 0 Å².